The van der Waals surface area contributed by atoms with Crippen LogP contribution in [0.3, 0.4) is 0 Å². The molecule has 1 radical (unpaired) electrons. The molecule has 1 unspecified atom stereocenters. The predicted octanol–water partition coefficient (Wildman–Crippen LogP) is 2.23. The highest BCUT2D eigenvalue weighted by Gasteiger charge is 2.47. The van der Waals surface area contributed by atoms with E-state index in [1.807, 2.05) is 13.8 Å². The molecular weight excluding hydrogens is 190 g/mol. The molecule has 1 saturated heterocycles. The van der Waals surface area contributed by atoms with Crippen molar-refractivity contribution >= 4 is 0 Å². The number of hydrogen-bond donors (Lipinski definition) is 0. The number of halogens is 2. The molecule has 1 aliphatic heterocycles. The second-order valence-corrected chi connectivity index (χ2v) is 3.86. The van der Waals surface area contributed by atoms with Crippen molar-refractivity contribution < 1.29 is 8.78 Å². The number of hydrogen-bond acceptors (Lipinski definition) is 2. The van der Waals surface area contributed by atoms with Crippen molar-refractivity contribution in [1.82, 2.24) is 4.90 Å². The average Bonchev–Trinajstić information content (AvgIpc) is 2.25. The van der Waals surface area contributed by atoms with Gasteiger partial charge in [-0.05, 0) is 11.4 Å². The lowest BCUT2D eigenvalue weighted by atomic mass is 10.2. The van der Waals surface area contributed by atoms with Gasteiger partial charge in [-0.25, -0.2) is 8.78 Å². The van der Waals surface area contributed by atoms with Gasteiger partial charge in [-0.2, -0.15) is 0 Å². The van der Waals surface area contributed by atoms with Gasteiger partial charge in [-0.1, -0.05) is 19.0 Å². The van der Waals surface area contributed by atoms with E-state index in [0.29, 0.717) is 6.54 Å². The SMILES string of the molecule is C[C](C)CN1CC(N=[N+]=[N-])C(F)(F)C1. The molecule has 0 aromatic rings. The van der Waals surface area contributed by atoms with Gasteiger partial charge in [-0.3, -0.25) is 4.90 Å². The lowest BCUT2D eigenvalue weighted by Gasteiger charge is -2.16. The molecule has 4 nitrogen and oxygen atoms in total. The Balaban J connectivity index is 2.61. The minimum Gasteiger partial charge on any atom is -0.296 e. The Bertz CT molecular complexity index is 248. The van der Waals surface area contributed by atoms with Gasteiger partial charge in [-0.15, -0.1) is 0 Å². The van der Waals surface area contributed by atoms with Gasteiger partial charge in [0.15, 0.2) is 0 Å². The summed E-state index contributed by atoms with van der Waals surface area (Å²) < 4.78 is 26.4. The highest BCUT2D eigenvalue weighted by molar-refractivity contribution is 4.98. The van der Waals surface area contributed by atoms with E-state index < -0.39 is 12.0 Å². The number of rotatable bonds is 3. The van der Waals surface area contributed by atoms with E-state index in [1.165, 1.54) is 0 Å². The van der Waals surface area contributed by atoms with Crippen LogP contribution in [0.25, 0.3) is 10.4 Å². The maximum Gasteiger partial charge on any atom is 0.270 e. The maximum absolute atomic E-state index is 13.2. The highest BCUT2D eigenvalue weighted by atomic mass is 19.3. The topological polar surface area (TPSA) is 52.0 Å². The number of likely N-dealkylation sites (tertiary alicyclic amines) is 1. The Labute approximate surface area is 81.5 Å². The molecule has 1 fully saturated rings. The molecule has 0 saturated carbocycles. The molecule has 0 amide bonds. The van der Waals surface area contributed by atoms with Crippen molar-refractivity contribution in [3.8, 4) is 0 Å². The Hall–Kier alpha value is -0.870. The molecule has 14 heavy (non-hydrogen) atoms. The van der Waals surface area contributed by atoms with Crippen LogP contribution in [-0.4, -0.2) is 36.5 Å². The number of nitrogens with zero attached hydrogens (tertiary/aromatic N) is 4. The third-order valence-electron chi connectivity index (χ3n) is 2.08. The second-order valence-electron chi connectivity index (χ2n) is 3.86. The predicted molar refractivity (Wildman–Crippen MR) is 48.9 cm³/mol. The first-order chi connectivity index (χ1) is 6.45. The van der Waals surface area contributed by atoms with Crippen molar-refractivity contribution in [2.75, 3.05) is 19.6 Å². The van der Waals surface area contributed by atoms with Gasteiger partial charge < -0.3 is 0 Å². The summed E-state index contributed by atoms with van der Waals surface area (Å²) in [4.78, 5) is 4.04. The van der Waals surface area contributed by atoms with Crippen LogP contribution in [0.5, 0.6) is 0 Å². The number of alkyl halides is 2. The van der Waals surface area contributed by atoms with Gasteiger partial charge in [0.2, 0.25) is 0 Å². The van der Waals surface area contributed by atoms with E-state index in [0.717, 1.165) is 5.92 Å². The summed E-state index contributed by atoms with van der Waals surface area (Å²) in [5.41, 5.74) is 8.13. The first kappa shape index (κ1) is 11.2. The fourth-order valence-electron chi connectivity index (χ4n) is 1.60. The molecule has 6 heteroatoms. The molecule has 0 aromatic heterocycles. The Kier molecular flexibility index (Phi) is 3.29. The minimum atomic E-state index is -2.89. The summed E-state index contributed by atoms with van der Waals surface area (Å²) in [6.07, 6.45) is 0. The van der Waals surface area contributed by atoms with E-state index in [1.54, 1.807) is 4.90 Å². The van der Waals surface area contributed by atoms with Crippen LogP contribution in [-0.2, 0) is 0 Å². The van der Waals surface area contributed by atoms with Crippen LogP contribution >= 0.6 is 0 Å². The zero-order valence-corrected chi connectivity index (χ0v) is 8.24. The lowest BCUT2D eigenvalue weighted by molar-refractivity contribution is -0.000296. The molecule has 79 valence electrons. The largest absolute Gasteiger partial charge is 0.296 e. The van der Waals surface area contributed by atoms with E-state index >= 15 is 0 Å². The molecule has 0 aromatic carbocycles. The number of azide groups is 1. The van der Waals surface area contributed by atoms with Crippen LogP contribution in [0.4, 0.5) is 8.78 Å². The normalized spacial score (nSPS) is 26.5. The molecule has 1 rings (SSSR count). The van der Waals surface area contributed by atoms with Crippen LogP contribution in [0.1, 0.15) is 13.8 Å². The smallest absolute Gasteiger partial charge is 0.270 e. The summed E-state index contributed by atoms with van der Waals surface area (Å²) in [7, 11) is 0. The molecule has 1 heterocycles. The molecule has 0 aliphatic carbocycles. The van der Waals surface area contributed by atoms with Crippen LogP contribution in [0, 0.1) is 5.92 Å². The van der Waals surface area contributed by atoms with Gasteiger partial charge >= 0.3 is 0 Å². The lowest BCUT2D eigenvalue weighted by Crippen LogP contribution is -2.30. The molecule has 1 atom stereocenters. The van der Waals surface area contributed by atoms with Crippen LogP contribution in [0.15, 0.2) is 5.11 Å². The summed E-state index contributed by atoms with van der Waals surface area (Å²) >= 11 is 0. The van der Waals surface area contributed by atoms with Crippen LogP contribution < -0.4 is 0 Å². The molecule has 0 N–H and O–H groups in total. The standard InChI is InChI=1S/C8H13F2N4/c1-6(2)3-14-4-7(12-13-11)8(9,10)5-14/h7H,3-5H2,1-2H3. The van der Waals surface area contributed by atoms with Gasteiger partial charge in [0, 0.05) is 18.0 Å². The molecule has 0 bridgehead atoms. The van der Waals surface area contributed by atoms with E-state index in [9.17, 15) is 8.78 Å². The van der Waals surface area contributed by atoms with Gasteiger partial charge in [0.1, 0.15) is 6.04 Å². The van der Waals surface area contributed by atoms with Crippen molar-refractivity contribution in [1.29, 1.82) is 0 Å². The monoisotopic (exact) mass is 203 g/mol. The van der Waals surface area contributed by atoms with E-state index in [-0.39, 0.29) is 13.1 Å². The van der Waals surface area contributed by atoms with Gasteiger partial charge in [0.05, 0.1) is 6.54 Å². The Morgan fingerprint density at radius 2 is 2.29 bits per heavy atom. The second kappa shape index (κ2) is 4.11. The van der Waals surface area contributed by atoms with Crippen molar-refractivity contribution in [3.05, 3.63) is 16.4 Å². The van der Waals surface area contributed by atoms with Crippen molar-refractivity contribution in [3.63, 3.8) is 0 Å². The quantitative estimate of drug-likeness (QED) is 0.394. The minimum absolute atomic E-state index is 0.141. The molecule has 0 spiro atoms. The average molecular weight is 203 g/mol. The fraction of sp³-hybridized carbons (Fsp3) is 0.875. The Morgan fingerprint density at radius 1 is 1.64 bits per heavy atom. The van der Waals surface area contributed by atoms with Crippen molar-refractivity contribution in [2.24, 2.45) is 5.11 Å². The van der Waals surface area contributed by atoms with Crippen LogP contribution in [0.2, 0.25) is 0 Å². The Morgan fingerprint density at radius 3 is 2.79 bits per heavy atom. The van der Waals surface area contributed by atoms with Crippen molar-refractivity contribution in [2.45, 2.75) is 25.8 Å². The highest BCUT2D eigenvalue weighted by Crippen LogP contribution is 2.30. The third-order valence-corrected chi connectivity index (χ3v) is 2.08. The summed E-state index contributed by atoms with van der Waals surface area (Å²) in [5, 5.41) is 3.11. The first-order valence-electron chi connectivity index (χ1n) is 4.39. The first-order valence-corrected chi connectivity index (χ1v) is 4.39. The summed E-state index contributed by atoms with van der Waals surface area (Å²) in [5.74, 6) is -1.82. The van der Waals surface area contributed by atoms with Gasteiger partial charge in [0.25, 0.3) is 5.92 Å². The zero-order valence-electron chi connectivity index (χ0n) is 8.24. The summed E-state index contributed by atoms with van der Waals surface area (Å²) in [6, 6.07) is -1.22. The van der Waals surface area contributed by atoms with E-state index in [2.05, 4.69) is 10.0 Å². The molecular formula is C8H13F2N4. The summed E-state index contributed by atoms with van der Waals surface area (Å²) in [6.45, 7) is 4.13. The molecule has 1 aliphatic rings. The third kappa shape index (κ3) is 2.56. The van der Waals surface area contributed by atoms with E-state index in [4.69, 9.17) is 5.53 Å². The zero-order chi connectivity index (χ0) is 10.8. The fourth-order valence-corrected chi connectivity index (χ4v) is 1.60. The maximum atomic E-state index is 13.2.